The van der Waals surface area contributed by atoms with Crippen LogP contribution >= 0.6 is 23.8 Å². The van der Waals surface area contributed by atoms with Crippen molar-refractivity contribution >= 4 is 28.8 Å². The number of thiocarbonyl (C=S) groups is 1. The van der Waals surface area contributed by atoms with Crippen LogP contribution < -0.4 is 5.73 Å². The summed E-state index contributed by atoms with van der Waals surface area (Å²) < 4.78 is 0. The van der Waals surface area contributed by atoms with Crippen molar-refractivity contribution in [2.75, 3.05) is 19.0 Å². The topological polar surface area (TPSA) is 29.3 Å². The monoisotopic (exact) mass is 462 g/mol. The first-order valence-electron chi connectivity index (χ1n) is 12.2. The molecule has 2 bridgehead atoms. The molecule has 0 radical (unpaired) electrons. The highest BCUT2D eigenvalue weighted by Gasteiger charge is 2.53. The number of hydrogen-bond donors (Lipinski definition) is 1. The number of alkyl halides is 1. The second-order valence-electron chi connectivity index (χ2n) is 11.6. The molecule has 1 aromatic carbocycles. The molecule has 1 heterocycles. The molecule has 1 aromatic rings. The highest BCUT2D eigenvalue weighted by atomic mass is 35.5. The summed E-state index contributed by atoms with van der Waals surface area (Å²) in [5, 5.41) is 0. The number of likely N-dealkylation sites (tertiary alicyclic amines) is 1. The van der Waals surface area contributed by atoms with Crippen LogP contribution in [0.2, 0.25) is 0 Å². The number of benzene rings is 1. The van der Waals surface area contributed by atoms with Gasteiger partial charge in [0, 0.05) is 30.4 Å². The van der Waals surface area contributed by atoms with Crippen molar-refractivity contribution in [2.24, 2.45) is 28.4 Å². The molecule has 5 atom stereocenters. The van der Waals surface area contributed by atoms with Gasteiger partial charge in [-0.25, -0.2) is 0 Å². The summed E-state index contributed by atoms with van der Waals surface area (Å²) in [6.45, 7) is 13.5. The summed E-state index contributed by atoms with van der Waals surface area (Å²) in [6.07, 6.45) is 7.52. The number of hydrogen-bond acceptors (Lipinski definition) is 2. The van der Waals surface area contributed by atoms with Gasteiger partial charge in [0.15, 0.2) is 0 Å². The standard InChI is InChI=1S/C25H38N2S.C2H5Cl/c1-18-12-19-14-24(4,22(28)27-11-10-21(26)23(2,3)17-27)16-25(13-18,15-19)20-8-6-5-7-9-20;1-2-3/h5-9,18-19,21H,10-17,26H2,1-4H3;2H2,1H3. The van der Waals surface area contributed by atoms with Crippen LogP contribution in [0.15, 0.2) is 30.3 Å². The molecule has 3 fully saturated rings. The van der Waals surface area contributed by atoms with Gasteiger partial charge in [-0.05, 0) is 66.8 Å². The maximum Gasteiger partial charge on any atom is 0.0839 e. The number of fused-ring (bicyclic) bond motifs is 2. The van der Waals surface area contributed by atoms with Crippen molar-refractivity contribution in [3.8, 4) is 0 Å². The van der Waals surface area contributed by atoms with Crippen LogP contribution in [0.4, 0.5) is 0 Å². The van der Waals surface area contributed by atoms with Crippen molar-refractivity contribution in [1.29, 1.82) is 0 Å². The number of rotatable bonds is 2. The molecular weight excluding hydrogens is 420 g/mol. The molecule has 0 aromatic heterocycles. The lowest BCUT2D eigenvalue weighted by atomic mass is 9.50. The van der Waals surface area contributed by atoms with Gasteiger partial charge in [0.2, 0.25) is 0 Å². The summed E-state index contributed by atoms with van der Waals surface area (Å²) in [5.41, 5.74) is 8.49. The lowest BCUT2D eigenvalue weighted by Gasteiger charge is -2.57. The molecule has 174 valence electrons. The minimum atomic E-state index is 0.117. The molecule has 0 spiro atoms. The van der Waals surface area contributed by atoms with Gasteiger partial charge in [-0.15, -0.1) is 11.6 Å². The van der Waals surface area contributed by atoms with Crippen LogP contribution in [0, 0.1) is 22.7 Å². The Morgan fingerprint density at radius 1 is 1.16 bits per heavy atom. The van der Waals surface area contributed by atoms with Gasteiger partial charge in [0.25, 0.3) is 0 Å². The Bertz CT molecular complexity index is 747. The van der Waals surface area contributed by atoms with Gasteiger partial charge in [0.1, 0.15) is 0 Å². The highest BCUT2D eigenvalue weighted by molar-refractivity contribution is 7.80. The lowest BCUT2D eigenvalue weighted by molar-refractivity contribution is 0.0452. The molecule has 4 heteroatoms. The van der Waals surface area contributed by atoms with Gasteiger partial charge < -0.3 is 10.6 Å². The number of piperidine rings is 1. The zero-order valence-corrected chi connectivity index (χ0v) is 21.9. The first-order valence-corrected chi connectivity index (χ1v) is 13.2. The van der Waals surface area contributed by atoms with E-state index in [1.165, 1.54) is 37.1 Å². The normalized spacial score (nSPS) is 36.9. The predicted molar refractivity (Wildman–Crippen MR) is 139 cm³/mol. The molecular formula is C27H43ClN2S. The Morgan fingerprint density at radius 3 is 2.42 bits per heavy atom. The van der Waals surface area contributed by atoms with Gasteiger partial charge in [-0.1, -0.05) is 77.2 Å². The van der Waals surface area contributed by atoms with E-state index in [4.69, 9.17) is 29.6 Å². The van der Waals surface area contributed by atoms with E-state index in [2.05, 4.69) is 62.9 Å². The van der Waals surface area contributed by atoms with Gasteiger partial charge >= 0.3 is 0 Å². The Kier molecular flexibility index (Phi) is 7.81. The summed E-state index contributed by atoms with van der Waals surface area (Å²) in [7, 11) is 0. The van der Waals surface area contributed by atoms with E-state index < -0.39 is 0 Å². The third-order valence-electron chi connectivity index (χ3n) is 8.12. The average molecular weight is 463 g/mol. The molecule has 2 saturated carbocycles. The number of nitrogens with zero attached hydrogens (tertiary/aromatic N) is 1. The van der Waals surface area contributed by atoms with E-state index in [0.29, 0.717) is 5.41 Å². The molecule has 2 N–H and O–H groups in total. The van der Waals surface area contributed by atoms with Crippen LogP contribution in [-0.4, -0.2) is 34.9 Å². The van der Waals surface area contributed by atoms with E-state index in [9.17, 15) is 0 Å². The molecule has 2 nitrogen and oxygen atoms in total. The smallest absolute Gasteiger partial charge is 0.0839 e. The maximum atomic E-state index is 6.40. The molecule has 4 rings (SSSR count). The summed E-state index contributed by atoms with van der Waals surface area (Å²) in [4.78, 5) is 3.73. The van der Waals surface area contributed by atoms with E-state index in [0.717, 1.165) is 37.2 Å². The van der Waals surface area contributed by atoms with E-state index in [1.54, 1.807) is 5.56 Å². The number of halogens is 1. The third-order valence-corrected chi connectivity index (χ3v) is 8.87. The maximum absolute atomic E-state index is 6.40. The van der Waals surface area contributed by atoms with E-state index in [1.807, 2.05) is 6.92 Å². The van der Waals surface area contributed by atoms with Crippen molar-refractivity contribution < 1.29 is 0 Å². The fraction of sp³-hybridized carbons (Fsp3) is 0.741. The second-order valence-corrected chi connectivity index (χ2v) is 12.5. The second kappa shape index (κ2) is 9.69. The van der Waals surface area contributed by atoms with Crippen molar-refractivity contribution in [2.45, 2.75) is 84.6 Å². The van der Waals surface area contributed by atoms with Crippen LogP contribution in [0.1, 0.15) is 78.7 Å². The predicted octanol–water partition coefficient (Wildman–Crippen LogP) is 6.79. The number of nitrogens with two attached hydrogens (primary N) is 1. The molecule has 0 amide bonds. The first kappa shape index (κ1) is 25.0. The van der Waals surface area contributed by atoms with Crippen LogP contribution in [0.5, 0.6) is 0 Å². The zero-order valence-electron chi connectivity index (χ0n) is 20.3. The molecule has 1 aliphatic heterocycles. The fourth-order valence-electron chi connectivity index (χ4n) is 7.02. The Morgan fingerprint density at radius 2 is 1.81 bits per heavy atom. The summed E-state index contributed by atoms with van der Waals surface area (Å²) in [6, 6.07) is 11.6. The highest BCUT2D eigenvalue weighted by Crippen LogP contribution is 2.58. The summed E-state index contributed by atoms with van der Waals surface area (Å²) in [5.74, 6) is 2.32. The van der Waals surface area contributed by atoms with Crippen molar-refractivity contribution in [3.05, 3.63) is 35.9 Å². The van der Waals surface area contributed by atoms with Gasteiger partial charge in [-0.2, -0.15) is 0 Å². The average Bonchev–Trinajstić information content (AvgIpc) is 2.69. The lowest BCUT2D eigenvalue weighted by Crippen LogP contribution is -2.58. The van der Waals surface area contributed by atoms with Gasteiger partial charge in [0.05, 0.1) is 4.99 Å². The Balaban J connectivity index is 0.000000858. The molecule has 2 aliphatic carbocycles. The van der Waals surface area contributed by atoms with Gasteiger partial charge in [-0.3, -0.25) is 0 Å². The zero-order chi connectivity index (χ0) is 22.9. The van der Waals surface area contributed by atoms with Crippen molar-refractivity contribution in [1.82, 2.24) is 4.90 Å². The minimum Gasteiger partial charge on any atom is -0.365 e. The minimum absolute atomic E-state index is 0.117. The quantitative estimate of drug-likeness (QED) is 0.387. The molecule has 31 heavy (non-hydrogen) atoms. The Hall–Kier alpha value is -0.640. The van der Waals surface area contributed by atoms with Crippen LogP contribution in [0.3, 0.4) is 0 Å². The molecule has 3 aliphatic rings. The largest absolute Gasteiger partial charge is 0.365 e. The van der Waals surface area contributed by atoms with Crippen LogP contribution in [-0.2, 0) is 5.41 Å². The summed E-state index contributed by atoms with van der Waals surface area (Å²) >= 11 is 11.2. The third kappa shape index (κ3) is 5.31. The fourth-order valence-corrected chi connectivity index (χ4v) is 7.33. The van der Waals surface area contributed by atoms with E-state index in [-0.39, 0.29) is 16.9 Å². The molecule has 5 unspecified atom stereocenters. The Labute approximate surface area is 201 Å². The first-order chi connectivity index (χ1) is 14.5. The van der Waals surface area contributed by atoms with Crippen molar-refractivity contribution in [3.63, 3.8) is 0 Å². The SMILES string of the molecule is CC1CC2CC(C)(C(=S)N3CCC(N)C(C)(C)C3)CC(c3ccccc3)(C1)C2.CCCl. The molecule has 1 saturated heterocycles. The van der Waals surface area contributed by atoms with Crippen LogP contribution in [0.25, 0.3) is 0 Å². The van der Waals surface area contributed by atoms with E-state index >= 15 is 0 Å².